The van der Waals surface area contributed by atoms with Gasteiger partial charge in [0.1, 0.15) is 17.2 Å². The first-order valence-electron chi connectivity index (χ1n) is 16.0. The number of hydrogen-bond acceptors (Lipinski definition) is 5. The van der Waals surface area contributed by atoms with Crippen molar-refractivity contribution in [2.45, 2.75) is 105 Å². The van der Waals surface area contributed by atoms with Gasteiger partial charge < -0.3 is 14.2 Å². The molecule has 0 spiro atoms. The van der Waals surface area contributed by atoms with E-state index in [0.717, 1.165) is 65.6 Å². The van der Waals surface area contributed by atoms with E-state index in [1.54, 1.807) is 14.2 Å². The highest BCUT2D eigenvalue weighted by molar-refractivity contribution is 5.75. The molecule has 0 aromatic heterocycles. The molecule has 0 radical (unpaired) electrons. The largest absolute Gasteiger partial charge is 0.497 e. The van der Waals surface area contributed by atoms with Crippen LogP contribution in [0.25, 0.3) is 11.1 Å². The average molecular weight is 573 g/mol. The van der Waals surface area contributed by atoms with E-state index in [1.807, 2.05) is 18.2 Å². The zero-order chi connectivity index (χ0) is 30.3. The Morgan fingerprint density at radius 2 is 1.33 bits per heavy atom. The molecule has 5 nitrogen and oxygen atoms in total. The van der Waals surface area contributed by atoms with Gasteiger partial charge in [-0.25, -0.2) is 0 Å². The predicted octanol–water partition coefficient (Wildman–Crippen LogP) is 11.6. The summed E-state index contributed by atoms with van der Waals surface area (Å²) in [5.74, 6) is 2.87. The third kappa shape index (κ3) is 9.34. The molecule has 0 saturated carbocycles. The third-order valence-electron chi connectivity index (χ3n) is 7.89. The molecule has 0 aliphatic heterocycles. The number of rotatable bonds is 18. The molecular weight excluding hydrogens is 520 g/mol. The van der Waals surface area contributed by atoms with E-state index in [0.29, 0.717) is 5.92 Å². The smallest absolute Gasteiger partial charge is 0.130 e. The van der Waals surface area contributed by atoms with Crippen molar-refractivity contribution in [3.8, 4) is 28.4 Å². The fourth-order valence-corrected chi connectivity index (χ4v) is 5.33. The zero-order valence-corrected chi connectivity index (χ0v) is 27.1. The lowest BCUT2D eigenvalue weighted by Gasteiger charge is -2.16. The second kappa shape index (κ2) is 17.6. The topological polar surface area (TPSA) is 52.4 Å². The van der Waals surface area contributed by atoms with Crippen LogP contribution < -0.4 is 14.2 Å². The summed E-state index contributed by atoms with van der Waals surface area (Å²) in [6.45, 7) is 11.8. The van der Waals surface area contributed by atoms with Gasteiger partial charge in [0.25, 0.3) is 0 Å². The molecule has 3 rings (SSSR count). The van der Waals surface area contributed by atoms with Crippen molar-refractivity contribution < 1.29 is 14.2 Å². The molecule has 0 heterocycles. The Morgan fingerprint density at radius 1 is 0.667 bits per heavy atom. The van der Waals surface area contributed by atoms with Crippen molar-refractivity contribution in [3.05, 3.63) is 65.2 Å². The van der Waals surface area contributed by atoms with E-state index in [9.17, 15) is 0 Å². The van der Waals surface area contributed by atoms with Gasteiger partial charge in [0.05, 0.1) is 32.2 Å². The summed E-state index contributed by atoms with van der Waals surface area (Å²) in [4.78, 5) is 0. The molecule has 0 amide bonds. The fraction of sp³-hybridized carbons (Fsp3) is 0.514. The summed E-state index contributed by atoms with van der Waals surface area (Å²) < 4.78 is 17.3. The summed E-state index contributed by atoms with van der Waals surface area (Å²) in [5, 5.41) is 9.52. The maximum absolute atomic E-state index is 6.23. The van der Waals surface area contributed by atoms with Crippen molar-refractivity contribution in [2.24, 2.45) is 10.2 Å². The molecule has 0 N–H and O–H groups in total. The van der Waals surface area contributed by atoms with Crippen LogP contribution in [0.15, 0.2) is 58.8 Å². The molecule has 0 aliphatic rings. The summed E-state index contributed by atoms with van der Waals surface area (Å²) in [6, 6.07) is 16.6. The Balaban J connectivity index is 1.75. The van der Waals surface area contributed by atoms with Gasteiger partial charge in [0, 0.05) is 11.6 Å². The molecule has 42 heavy (non-hydrogen) atoms. The Hall–Kier alpha value is -3.34. The van der Waals surface area contributed by atoms with Gasteiger partial charge in [-0.15, -0.1) is 5.11 Å². The third-order valence-corrected chi connectivity index (χ3v) is 7.89. The van der Waals surface area contributed by atoms with Crippen LogP contribution >= 0.6 is 0 Å². The van der Waals surface area contributed by atoms with Gasteiger partial charge in [-0.05, 0) is 89.9 Å². The number of nitrogens with zero attached hydrogens (tertiary/aromatic N) is 2. The van der Waals surface area contributed by atoms with Gasteiger partial charge in [-0.1, -0.05) is 79.6 Å². The van der Waals surface area contributed by atoms with Crippen LogP contribution in [0.1, 0.15) is 109 Å². The minimum Gasteiger partial charge on any atom is -0.497 e. The van der Waals surface area contributed by atoms with Gasteiger partial charge >= 0.3 is 0 Å². The highest BCUT2D eigenvalue weighted by Gasteiger charge is 2.15. The summed E-state index contributed by atoms with van der Waals surface area (Å²) in [6.07, 6.45) is 12.1. The monoisotopic (exact) mass is 572 g/mol. The predicted molar refractivity (Wildman–Crippen MR) is 177 cm³/mol. The second-order valence-electron chi connectivity index (χ2n) is 11.3. The number of unbranched alkanes of at least 4 members (excludes halogenated alkanes) is 7. The maximum atomic E-state index is 6.23. The van der Waals surface area contributed by atoms with Crippen molar-refractivity contribution in [1.29, 1.82) is 0 Å². The first-order chi connectivity index (χ1) is 20.4. The van der Waals surface area contributed by atoms with Crippen molar-refractivity contribution in [1.82, 2.24) is 0 Å². The normalized spacial score (nSPS) is 11.4. The Bertz CT molecular complexity index is 1260. The molecule has 0 fully saturated rings. The molecular formula is C37H52N2O3. The van der Waals surface area contributed by atoms with Crippen molar-refractivity contribution in [2.75, 3.05) is 20.8 Å². The van der Waals surface area contributed by atoms with E-state index in [1.165, 1.54) is 61.6 Å². The highest BCUT2D eigenvalue weighted by atomic mass is 16.5. The molecule has 0 unspecified atom stereocenters. The van der Waals surface area contributed by atoms with Gasteiger partial charge in [0.2, 0.25) is 0 Å². The lowest BCUT2D eigenvalue weighted by atomic mass is 9.95. The molecule has 0 bridgehead atoms. The Labute approximate surface area is 254 Å². The van der Waals surface area contributed by atoms with Gasteiger partial charge in [0.15, 0.2) is 0 Å². The molecule has 0 aliphatic carbocycles. The van der Waals surface area contributed by atoms with E-state index in [4.69, 9.17) is 24.4 Å². The van der Waals surface area contributed by atoms with Crippen LogP contribution in [0.2, 0.25) is 0 Å². The fourth-order valence-electron chi connectivity index (χ4n) is 5.33. The molecule has 0 saturated heterocycles. The molecule has 3 aromatic rings. The van der Waals surface area contributed by atoms with E-state index < -0.39 is 0 Å². The van der Waals surface area contributed by atoms with Crippen LogP contribution in [0, 0.1) is 0 Å². The van der Waals surface area contributed by atoms with E-state index >= 15 is 0 Å². The van der Waals surface area contributed by atoms with Crippen LogP contribution in [0.5, 0.6) is 17.2 Å². The Kier molecular flexibility index (Phi) is 13.9. The second-order valence-corrected chi connectivity index (χ2v) is 11.3. The SMILES string of the molecule is CCCCCCCCCCOc1ccc(/N=N/c2c(CC)cc(-c3ccc(OC)cc3OC)cc2CC)cc1C(C)C. The number of methoxy groups -OCH3 is 2. The van der Waals surface area contributed by atoms with Crippen LogP contribution in [0.3, 0.4) is 0 Å². The minimum atomic E-state index is 0.338. The Morgan fingerprint density at radius 3 is 1.93 bits per heavy atom. The maximum Gasteiger partial charge on any atom is 0.130 e. The van der Waals surface area contributed by atoms with Crippen molar-refractivity contribution in [3.63, 3.8) is 0 Å². The lowest BCUT2D eigenvalue weighted by Crippen LogP contribution is -2.01. The number of ether oxygens (including phenoxy) is 3. The summed E-state index contributed by atoms with van der Waals surface area (Å²) in [7, 11) is 3.36. The van der Waals surface area contributed by atoms with Crippen molar-refractivity contribution >= 4 is 11.4 Å². The molecule has 228 valence electrons. The number of benzene rings is 3. The van der Waals surface area contributed by atoms with E-state index in [-0.39, 0.29) is 0 Å². The average Bonchev–Trinajstić information content (AvgIpc) is 3.02. The first kappa shape index (κ1) is 33.2. The molecule has 5 heteroatoms. The summed E-state index contributed by atoms with van der Waals surface area (Å²) in [5.41, 5.74) is 7.47. The summed E-state index contributed by atoms with van der Waals surface area (Å²) >= 11 is 0. The molecule has 0 atom stereocenters. The van der Waals surface area contributed by atoms with Gasteiger partial charge in [-0.3, -0.25) is 0 Å². The number of aryl methyl sites for hydroxylation is 2. The lowest BCUT2D eigenvalue weighted by molar-refractivity contribution is 0.300. The molecule has 3 aromatic carbocycles. The van der Waals surface area contributed by atoms with E-state index in [2.05, 4.69) is 65.0 Å². The minimum absolute atomic E-state index is 0.338. The number of azo groups is 1. The quantitative estimate of drug-likeness (QED) is 0.112. The first-order valence-corrected chi connectivity index (χ1v) is 16.0. The zero-order valence-electron chi connectivity index (χ0n) is 27.1. The standard InChI is InChI=1S/C37H52N2O3/c1-8-11-12-13-14-15-16-17-22-42-35-21-18-31(25-34(35)27(4)5)38-39-37-28(9-2)23-30(24-29(37)10-3)33-20-19-32(40-6)26-36(33)41-7/h18-21,23-27H,8-17,22H2,1-7H3/b39-38+. The van der Waals surface area contributed by atoms with Crippen LogP contribution in [-0.4, -0.2) is 20.8 Å². The number of hydrogen-bond donors (Lipinski definition) is 0. The highest BCUT2D eigenvalue weighted by Crippen LogP contribution is 2.39. The van der Waals surface area contributed by atoms with Gasteiger partial charge in [-0.2, -0.15) is 5.11 Å². The van der Waals surface area contributed by atoms with Crippen LogP contribution in [-0.2, 0) is 12.8 Å². The van der Waals surface area contributed by atoms with Crippen LogP contribution in [0.4, 0.5) is 11.4 Å².